The molecule has 0 aliphatic heterocycles. The Morgan fingerprint density at radius 3 is 2.28 bits per heavy atom. The maximum absolute atomic E-state index is 12.2. The van der Waals surface area contributed by atoms with Crippen LogP contribution in [0.4, 0.5) is 11.4 Å². The van der Waals surface area contributed by atoms with Crippen molar-refractivity contribution in [3.63, 3.8) is 0 Å². The summed E-state index contributed by atoms with van der Waals surface area (Å²) in [6.45, 7) is 0. The van der Waals surface area contributed by atoms with Crippen molar-refractivity contribution in [3.8, 4) is 0 Å². The van der Waals surface area contributed by atoms with Crippen molar-refractivity contribution in [2.24, 2.45) is 0 Å². The van der Waals surface area contributed by atoms with Gasteiger partial charge in [0.25, 0.3) is 11.8 Å². The number of amides is 2. The second-order valence-corrected chi connectivity index (χ2v) is 5.59. The summed E-state index contributed by atoms with van der Waals surface area (Å²) in [6.07, 6.45) is 1.55. The number of pyridine rings is 1. The summed E-state index contributed by atoms with van der Waals surface area (Å²) in [5, 5.41) is 5.78. The van der Waals surface area contributed by atoms with Crippen LogP contribution in [0.25, 0.3) is 0 Å². The van der Waals surface area contributed by atoms with E-state index in [-0.39, 0.29) is 11.8 Å². The van der Waals surface area contributed by atoms with Gasteiger partial charge in [0.05, 0.1) is 10.7 Å². The average molecular weight is 352 g/mol. The van der Waals surface area contributed by atoms with Crippen LogP contribution in [0.2, 0.25) is 5.02 Å². The van der Waals surface area contributed by atoms with Crippen LogP contribution in [-0.2, 0) is 0 Å². The molecule has 0 radical (unpaired) electrons. The number of rotatable bonds is 4. The lowest BCUT2D eigenvalue weighted by atomic mass is 10.2. The van der Waals surface area contributed by atoms with Crippen molar-refractivity contribution in [1.82, 2.24) is 4.98 Å². The van der Waals surface area contributed by atoms with Crippen molar-refractivity contribution in [2.75, 3.05) is 10.6 Å². The Labute approximate surface area is 149 Å². The lowest BCUT2D eigenvalue weighted by Crippen LogP contribution is -2.14. The first kappa shape index (κ1) is 16.7. The summed E-state index contributed by atoms with van der Waals surface area (Å²) in [7, 11) is 0. The van der Waals surface area contributed by atoms with E-state index in [2.05, 4.69) is 15.6 Å². The van der Waals surface area contributed by atoms with Gasteiger partial charge in [-0.25, -0.2) is 0 Å². The number of benzene rings is 2. The van der Waals surface area contributed by atoms with E-state index in [4.69, 9.17) is 11.6 Å². The standard InChI is InChI=1S/C19H14ClN3O2/c20-15-12-14(22-19(25)17-8-4-5-11-21-17)9-10-16(15)23-18(24)13-6-2-1-3-7-13/h1-12H,(H,22,25)(H,23,24). The molecule has 0 saturated heterocycles. The van der Waals surface area contributed by atoms with Gasteiger partial charge in [0, 0.05) is 17.4 Å². The number of carbonyl (C=O) groups is 2. The molecule has 0 atom stereocenters. The third kappa shape index (κ3) is 4.22. The lowest BCUT2D eigenvalue weighted by molar-refractivity contribution is 0.101. The Balaban J connectivity index is 1.71. The topological polar surface area (TPSA) is 71.1 Å². The minimum absolute atomic E-state index is 0.257. The SMILES string of the molecule is O=C(Nc1ccc(NC(=O)c2ccccn2)cc1Cl)c1ccccc1. The van der Waals surface area contributed by atoms with Crippen molar-refractivity contribution in [3.05, 3.63) is 89.2 Å². The van der Waals surface area contributed by atoms with E-state index in [0.29, 0.717) is 27.7 Å². The first-order valence-corrected chi connectivity index (χ1v) is 7.89. The summed E-state index contributed by atoms with van der Waals surface area (Å²) in [5.74, 6) is -0.592. The molecule has 0 aliphatic carbocycles. The molecular formula is C19H14ClN3O2. The third-order valence-electron chi connectivity index (χ3n) is 3.41. The zero-order chi connectivity index (χ0) is 17.6. The molecule has 1 aromatic heterocycles. The fourth-order valence-corrected chi connectivity index (χ4v) is 2.40. The summed E-state index contributed by atoms with van der Waals surface area (Å²) >= 11 is 6.21. The number of carbonyl (C=O) groups excluding carboxylic acids is 2. The minimum atomic E-state index is -0.335. The van der Waals surface area contributed by atoms with Crippen LogP contribution in [0.15, 0.2) is 72.9 Å². The van der Waals surface area contributed by atoms with Gasteiger partial charge in [-0.1, -0.05) is 35.9 Å². The number of nitrogens with one attached hydrogen (secondary N) is 2. The molecule has 6 heteroatoms. The second-order valence-electron chi connectivity index (χ2n) is 5.18. The molecule has 2 N–H and O–H groups in total. The van der Waals surface area contributed by atoms with Gasteiger partial charge in [-0.15, -0.1) is 0 Å². The second kappa shape index (κ2) is 7.59. The number of aromatic nitrogens is 1. The molecule has 5 nitrogen and oxygen atoms in total. The Bertz CT molecular complexity index is 899. The summed E-state index contributed by atoms with van der Waals surface area (Å²) in [6, 6.07) is 18.8. The van der Waals surface area contributed by atoms with E-state index in [1.807, 2.05) is 6.07 Å². The van der Waals surface area contributed by atoms with E-state index in [0.717, 1.165) is 0 Å². The number of hydrogen-bond donors (Lipinski definition) is 2. The number of halogens is 1. The molecular weight excluding hydrogens is 338 g/mol. The maximum Gasteiger partial charge on any atom is 0.274 e. The van der Waals surface area contributed by atoms with Gasteiger partial charge >= 0.3 is 0 Å². The van der Waals surface area contributed by atoms with Crippen molar-refractivity contribution < 1.29 is 9.59 Å². The fraction of sp³-hybridized carbons (Fsp3) is 0. The molecule has 3 rings (SSSR count). The smallest absolute Gasteiger partial charge is 0.274 e. The molecule has 0 aliphatic rings. The zero-order valence-corrected chi connectivity index (χ0v) is 13.8. The van der Waals surface area contributed by atoms with E-state index in [1.54, 1.807) is 66.9 Å². The number of hydrogen-bond acceptors (Lipinski definition) is 3. The van der Waals surface area contributed by atoms with E-state index >= 15 is 0 Å². The highest BCUT2D eigenvalue weighted by Gasteiger charge is 2.11. The number of nitrogens with zero attached hydrogens (tertiary/aromatic N) is 1. The zero-order valence-electron chi connectivity index (χ0n) is 13.1. The van der Waals surface area contributed by atoms with Crippen LogP contribution in [0.1, 0.15) is 20.8 Å². The lowest BCUT2D eigenvalue weighted by Gasteiger charge is -2.10. The Morgan fingerprint density at radius 1 is 0.840 bits per heavy atom. The molecule has 0 bridgehead atoms. The highest BCUT2D eigenvalue weighted by molar-refractivity contribution is 6.34. The minimum Gasteiger partial charge on any atom is -0.321 e. The van der Waals surface area contributed by atoms with Crippen LogP contribution in [0, 0.1) is 0 Å². The van der Waals surface area contributed by atoms with Gasteiger partial charge in [0.1, 0.15) is 5.69 Å². The largest absolute Gasteiger partial charge is 0.321 e. The van der Waals surface area contributed by atoms with Gasteiger partial charge in [0.2, 0.25) is 0 Å². The molecule has 0 fully saturated rings. The molecule has 0 unspecified atom stereocenters. The Morgan fingerprint density at radius 2 is 1.60 bits per heavy atom. The molecule has 0 spiro atoms. The Hall–Kier alpha value is -3.18. The number of anilines is 2. The molecule has 2 aromatic carbocycles. The first-order valence-electron chi connectivity index (χ1n) is 7.52. The van der Waals surface area contributed by atoms with Gasteiger partial charge in [-0.3, -0.25) is 14.6 Å². The van der Waals surface area contributed by atoms with E-state index in [9.17, 15) is 9.59 Å². The van der Waals surface area contributed by atoms with E-state index < -0.39 is 0 Å². The molecule has 3 aromatic rings. The van der Waals surface area contributed by atoms with Gasteiger partial charge in [-0.05, 0) is 42.5 Å². The molecule has 25 heavy (non-hydrogen) atoms. The fourth-order valence-electron chi connectivity index (χ4n) is 2.17. The maximum atomic E-state index is 12.2. The Kier molecular flexibility index (Phi) is 5.06. The molecule has 2 amide bonds. The monoisotopic (exact) mass is 351 g/mol. The van der Waals surface area contributed by atoms with E-state index in [1.165, 1.54) is 0 Å². The highest BCUT2D eigenvalue weighted by Crippen LogP contribution is 2.26. The quantitative estimate of drug-likeness (QED) is 0.738. The van der Waals surface area contributed by atoms with Gasteiger partial charge in [-0.2, -0.15) is 0 Å². The van der Waals surface area contributed by atoms with Crippen LogP contribution in [0.5, 0.6) is 0 Å². The van der Waals surface area contributed by atoms with Gasteiger partial charge < -0.3 is 10.6 Å². The van der Waals surface area contributed by atoms with Crippen LogP contribution in [-0.4, -0.2) is 16.8 Å². The highest BCUT2D eigenvalue weighted by atomic mass is 35.5. The van der Waals surface area contributed by atoms with Crippen molar-refractivity contribution >= 4 is 34.8 Å². The van der Waals surface area contributed by atoms with Crippen LogP contribution >= 0.6 is 11.6 Å². The summed E-state index contributed by atoms with van der Waals surface area (Å²) in [5.41, 5.74) is 1.82. The van der Waals surface area contributed by atoms with Crippen molar-refractivity contribution in [1.29, 1.82) is 0 Å². The molecule has 1 heterocycles. The first-order chi connectivity index (χ1) is 12.1. The van der Waals surface area contributed by atoms with Gasteiger partial charge in [0.15, 0.2) is 0 Å². The average Bonchev–Trinajstić information content (AvgIpc) is 2.65. The third-order valence-corrected chi connectivity index (χ3v) is 3.72. The summed E-state index contributed by atoms with van der Waals surface area (Å²) < 4.78 is 0. The summed E-state index contributed by atoms with van der Waals surface area (Å²) in [4.78, 5) is 28.2. The van der Waals surface area contributed by atoms with Crippen LogP contribution in [0.3, 0.4) is 0 Å². The predicted molar refractivity (Wildman–Crippen MR) is 98.0 cm³/mol. The molecule has 0 saturated carbocycles. The normalized spacial score (nSPS) is 10.1. The van der Waals surface area contributed by atoms with Crippen molar-refractivity contribution in [2.45, 2.75) is 0 Å². The molecule has 124 valence electrons. The van der Waals surface area contributed by atoms with Crippen LogP contribution < -0.4 is 10.6 Å². The predicted octanol–water partition coefficient (Wildman–Crippen LogP) is 4.24.